The Kier molecular flexibility index (Phi) is 23.9. The van der Waals surface area contributed by atoms with Crippen molar-refractivity contribution in [3.05, 3.63) is 24.3 Å². The molecule has 0 aliphatic heterocycles. The van der Waals surface area contributed by atoms with Gasteiger partial charge in [-0.05, 0) is 25.0 Å². The van der Waals surface area contributed by atoms with Crippen LogP contribution >= 0.6 is 0 Å². The second-order valence-corrected chi connectivity index (χ2v) is 4.35. The quantitative estimate of drug-likeness (QED) is 0.185. The molecule has 0 heterocycles. The van der Waals surface area contributed by atoms with Crippen molar-refractivity contribution in [1.29, 1.82) is 0 Å². The molecule has 0 aliphatic carbocycles. The van der Waals surface area contributed by atoms with Gasteiger partial charge in [0, 0.05) is 12.2 Å². The summed E-state index contributed by atoms with van der Waals surface area (Å²) in [5.74, 6) is -4.09. The Hall–Kier alpha value is -1.16. The molecule has 0 spiro atoms. The van der Waals surface area contributed by atoms with Crippen molar-refractivity contribution in [3.8, 4) is 0 Å². The van der Waals surface area contributed by atoms with Gasteiger partial charge in [0.05, 0.1) is 25.2 Å². The molecule has 0 bridgehead atoms. The molecule has 0 fully saturated rings. The standard InChI is InChI=1S/2C8H12O4.Sr/c2*1-2-3-6-12-8(11)5-4-7(9)10;/h2*4-5H,2-3,6H2,1H3,(H,9,10);/q;;+2/p-2/b2*5-4+;. The van der Waals surface area contributed by atoms with Crippen LogP contribution in [0.15, 0.2) is 24.3 Å². The summed E-state index contributed by atoms with van der Waals surface area (Å²) in [5, 5.41) is 19.7. The molecule has 0 N–H and O–H groups in total. The van der Waals surface area contributed by atoms with Crippen LogP contribution in [-0.2, 0) is 28.7 Å². The first kappa shape index (κ1) is 28.6. The SMILES string of the molecule is CCCCOC(=O)/C=C/C(=O)[O-].CCCCOC(=O)/C=C/C(=O)[O-].[Sr+2]. The molecule has 0 rings (SSSR count). The molecule has 0 aromatic rings. The number of rotatable bonds is 10. The van der Waals surface area contributed by atoms with Crippen LogP contribution in [0.4, 0.5) is 0 Å². The number of carboxylic acids is 2. The number of carbonyl (C=O) groups is 4. The van der Waals surface area contributed by atoms with E-state index in [9.17, 15) is 29.4 Å². The minimum Gasteiger partial charge on any atom is -0.545 e. The number of aliphatic carboxylic acids is 2. The summed E-state index contributed by atoms with van der Waals surface area (Å²) in [5.41, 5.74) is 0. The Morgan fingerprint density at radius 3 is 1.28 bits per heavy atom. The van der Waals surface area contributed by atoms with Gasteiger partial charge in [-0.25, -0.2) is 9.59 Å². The average Bonchev–Trinajstić information content (AvgIpc) is 2.52. The van der Waals surface area contributed by atoms with Crippen molar-refractivity contribution >= 4 is 69.4 Å². The third-order valence-corrected chi connectivity index (χ3v) is 2.20. The van der Waals surface area contributed by atoms with Crippen molar-refractivity contribution in [1.82, 2.24) is 0 Å². The zero-order valence-corrected chi connectivity index (χ0v) is 18.0. The van der Waals surface area contributed by atoms with Crippen molar-refractivity contribution in [2.75, 3.05) is 13.2 Å². The van der Waals surface area contributed by atoms with E-state index in [1.165, 1.54) is 0 Å². The number of hydrogen-bond donors (Lipinski definition) is 0. The Balaban J connectivity index is -0.000000372. The fourth-order valence-electron chi connectivity index (χ4n) is 1.00. The van der Waals surface area contributed by atoms with Crippen molar-refractivity contribution < 1.29 is 38.9 Å². The zero-order valence-electron chi connectivity index (χ0n) is 14.5. The predicted molar refractivity (Wildman–Crippen MR) is 85.8 cm³/mol. The minimum atomic E-state index is -1.40. The molecule has 0 aromatic carbocycles. The number of hydrogen-bond acceptors (Lipinski definition) is 8. The smallest absolute Gasteiger partial charge is 0.545 e. The first-order chi connectivity index (χ1) is 11.3. The van der Waals surface area contributed by atoms with E-state index in [0.29, 0.717) is 25.4 Å². The minimum absolute atomic E-state index is 0. The maximum Gasteiger partial charge on any atom is 2.00 e. The van der Waals surface area contributed by atoms with E-state index in [0.717, 1.165) is 37.8 Å². The predicted octanol–water partition coefficient (Wildman–Crippen LogP) is -1.11. The second-order valence-electron chi connectivity index (χ2n) is 4.35. The van der Waals surface area contributed by atoms with Gasteiger partial charge in [0.2, 0.25) is 0 Å². The molecule has 0 aliphatic rings. The van der Waals surface area contributed by atoms with Gasteiger partial charge in [-0.1, -0.05) is 26.7 Å². The Morgan fingerprint density at radius 2 is 1.04 bits per heavy atom. The van der Waals surface area contributed by atoms with Crippen molar-refractivity contribution in [3.63, 3.8) is 0 Å². The molecule has 136 valence electrons. The third kappa shape index (κ3) is 27.9. The maximum atomic E-state index is 10.6. The Morgan fingerprint density at radius 1 is 0.720 bits per heavy atom. The summed E-state index contributed by atoms with van der Waals surface area (Å²) in [6, 6.07) is 0. The van der Waals surface area contributed by atoms with Crippen LogP contribution < -0.4 is 10.2 Å². The first-order valence-electron chi connectivity index (χ1n) is 7.45. The third-order valence-electron chi connectivity index (χ3n) is 2.20. The van der Waals surface area contributed by atoms with E-state index in [2.05, 4.69) is 9.47 Å². The molecule has 0 aromatic heterocycles. The van der Waals surface area contributed by atoms with E-state index in [-0.39, 0.29) is 45.5 Å². The van der Waals surface area contributed by atoms with Gasteiger partial charge < -0.3 is 29.3 Å². The fraction of sp³-hybridized carbons (Fsp3) is 0.500. The summed E-state index contributed by atoms with van der Waals surface area (Å²) in [6.45, 7) is 4.58. The number of unbranched alkanes of at least 4 members (excludes halogenated alkanes) is 2. The van der Waals surface area contributed by atoms with Crippen molar-refractivity contribution in [2.45, 2.75) is 39.5 Å². The van der Waals surface area contributed by atoms with Crippen LogP contribution in [0.5, 0.6) is 0 Å². The molecular formula is C16H22O8Sr. The van der Waals surface area contributed by atoms with Crippen LogP contribution in [-0.4, -0.2) is 82.6 Å². The molecule has 9 heteroatoms. The van der Waals surface area contributed by atoms with Gasteiger partial charge in [0.25, 0.3) is 0 Å². The monoisotopic (exact) mass is 430 g/mol. The summed E-state index contributed by atoms with van der Waals surface area (Å²) >= 11 is 0. The van der Waals surface area contributed by atoms with Gasteiger partial charge in [0.15, 0.2) is 0 Å². The molecule has 0 unspecified atom stereocenters. The maximum absolute atomic E-state index is 10.6. The normalized spacial score (nSPS) is 9.68. The van der Waals surface area contributed by atoms with Gasteiger partial charge in [-0.15, -0.1) is 0 Å². The molecule has 0 atom stereocenters. The fourth-order valence-corrected chi connectivity index (χ4v) is 1.00. The van der Waals surface area contributed by atoms with Crippen LogP contribution in [0.3, 0.4) is 0 Å². The van der Waals surface area contributed by atoms with Crippen LogP contribution in [0, 0.1) is 0 Å². The van der Waals surface area contributed by atoms with E-state index in [4.69, 9.17) is 0 Å². The van der Waals surface area contributed by atoms with Crippen LogP contribution in [0.2, 0.25) is 0 Å². The van der Waals surface area contributed by atoms with Gasteiger partial charge in [0.1, 0.15) is 0 Å². The van der Waals surface area contributed by atoms with Gasteiger partial charge >= 0.3 is 57.4 Å². The molecule has 0 radical (unpaired) electrons. The van der Waals surface area contributed by atoms with Crippen LogP contribution in [0.25, 0.3) is 0 Å². The average molecular weight is 430 g/mol. The van der Waals surface area contributed by atoms with E-state index in [1.807, 2.05) is 13.8 Å². The summed E-state index contributed by atoms with van der Waals surface area (Å²) < 4.78 is 9.23. The second kappa shape index (κ2) is 20.9. The Labute approximate surface area is 184 Å². The molecule has 0 saturated carbocycles. The van der Waals surface area contributed by atoms with Crippen molar-refractivity contribution in [2.24, 2.45) is 0 Å². The number of ether oxygens (including phenoxy) is 2. The summed E-state index contributed by atoms with van der Waals surface area (Å²) in [7, 11) is 0. The molecular weight excluding hydrogens is 408 g/mol. The number of esters is 2. The van der Waals surface area contributed by atoms with E-state index < -0.39 is 23.9 Å². The molecule has 0 saturated heterocycles. The van der Waals surface area contributed by atoms with Gasteiger partial charge in [-0.2, -0.15) is 0 Å². The topological polar surface area (TPSA) is 133 Å². The van der Waals surface area contributed by atoms with E-state index >= 15 is 0 Å². The molecule has 0 amide bonds. The zero-order chi connectivity index (χ0) is 18.8. The van der Waals surface area contributed by atoms with Crippen LogP contribution in [0.1, 0.15) is 39.5 Å². The summed E-state index contributed by atoms with van der Waals surface area (Å²) in [4.78, 5) is 40.9. The van der Waals surface area contributed by atoms with E-state index in [1.54, 1.807) is 0 Å². The molecule has 8 nitrogen and oxygen atoms in total. The molecule has 25 heavy (non-hydrogen) atoms. The summed E-state index contributed by atoms with van der Waals surface area (Å²) in [6.07, 6.45) is 6.39. The van der Waals surface area contributed by atoms with Gasteiger partial charge in [-0.3, -0.25) is 0 Å². The number of carboxylic acid groups (broad SMARTS) is 2. The Bertz CT molecular complexity index is 415. The largest absolute Gasteiger partial charge is 2.00 e. The first-order valence-corrected chi connectivity index (χ1v) is 7.45. The number of carbonyl (C=O) groups excluding carboxylic acids is 4.